The predicted molar refractivity (Wildman–Crippen MR) is 219 cm³/mol. The van der Waals surface area contributed by atoms with Crippen LogP contribution in [-0.4, -0.2) is 57.3 Å². The number of nitrogens with one attached hydrogen (secondary N) is 1. The van der Waals surface area contributed by atoms with Gasteiger partial charge >= 0.3 is 0 Å². The number of aliphatic hydroxyl groups excluding tert-OH is 4. The zero-order chi connectivity index (χ0) is 37.5. The fourth-order valence-corrected chi connectivity index (χ4v) is 6.83. The fraction of sp³-hybridized carbons (Fsp3) is 0.889. The van der Waals surface area contributed by atoms with Crippen molar-refractivity contribution < 1.29 is 25.2 Å². The van der Waals surface area contributed by atoms with Crippen LogP contribution in [0.4, 0.5) is 0 Å². The maximum Gasteiger partial charge on any atom is 0.249 e. The Morgan fingerprint density at radius 3 is 1.24 bits per heavy atom. The first-order chi connectivity index (χ1) is 25.0. The van der Waals surface area contributed by atoms with E-state index in [1.165, 1.54) is 154 Å². The topological polar surface area (TPSA) is 110 Å². The molecule has 0 aliphatic heterocycles. The predicted octanol–water partition coefficient (Wildman–Crippen LogP) is 11.6. The lowest BCUT2D eigenvalue weighted by molar-refractivity contribution is -0.132. The van der Waals surface area contributed by atoms with Crippen molar-refractivity contribution in [1.82, 2.24) is 5.32 Å². The van der Waals surface area contributed by atoms with Crippen LogP contribution in [0.25, 0.3) is 0 Å². The van der Waals surface area contributed by atoms with Gasteiger partial charge in [-0.15, -0.1) is 0 Å². The van der Waals surface area contributed by atoms with E-state index >= 15 is 0 Å². The van der Waals surface area contributed by atoms with Crippen LogP contribution in [0.2, 0.25) is 0 Å². The molecule has 0 saturated carbocycles. The highest BCUT2D eigenvalue weighted by Crippen LogP contribution is 2.16. The number of carbonyl (C=O) groups is 1. The molecule has 6 heteroatoms. The highest BCUT2D eigenvalue weighted by molar-refractivity contribution is 5.80. The Kier molecular flexibility index (Phi) is 39.0. The van der Waals surface area contributed by atoms with Crippen molar-refractivity contribution in [3.05, 3.63) is 24.3 Å². The molecule has 0 saturated heterocycles. The van der Waals surface area contributed by atoms with E-state index in [-0.39, 0.29) is 0 Å². The monoisotopic (exact) mass is 722 g/mol. The van der Waals surface area contributed by atoms with Crippen molar-refractivity contribution in [2.75, 3.05) is 6.61 Å². The summed E-state index contributed by atoms with van der Waals surface area (Å²) in [6.07, 6.45) is 45.1. The Balaban J connectivity index is 3.75. The summed E-state index contributed by atoms with van der Waals surface area (Å²) < 4.78 is 0. The number of rotatable bonds is 40. The number of hydrogen-bond donors (Lipinski definition) is 5. The van der Waals surface area contributed by atoms with Gasteiger partial charge < -0.3 is 25.7 Å². The summed E-state index contributed by atoms with van der Waals surface area (Å²) in [6, 6.07) is -1.00. The molecule has 4 unspecified atom stereocenters. The second-order valence-electron chi connectivity index (χ2n) is 15.4. The van der Waals surface area contributed by atoms with Gasteiger partial charge in [-0.25, -0.2) is 0 Å². The van der Waals surface area contributed by atoms with Gasteiger partial charge in [0.05, 0.1) is 18.8 Å². The number of allylic oxidation sites excluding steroid dienone is 4. The quantitative estimate of drug-likeness (QED) is 0.0320. The van der Waals surface area contributed by atoms with Gasteiger partial charge in [0, 0.05) is 0 Å². The van der Waals surface area contributed by atoms with Crippen molar-refractivity contribution in [1.29, 1.82) is 0 Å². The number of carbonyl (C=O) groups excluding carboxylic acids is 1. The molecule has 4 atom stereocenters. The smallest absolute Gasteiger partial charge is 0.249 e. The third-order valence-corrected chi connectivity index (χ3v) is 10.4. The summed E-state index contributed by atoms with van der Waals surface area (Å²) in [4.78, 5) is 12.4. The molecular formula is C45H87NO5. The Morgan fingerprint density at radius 1 is 0.471 bits per heavy atom. The van der Waals surface area contributed by atoms with Gasteiger partial charge in [0.15, 0.2) is 0 Å². The molecule has 0 aromatic rings. The number of hydrogen-bond acceptors (Lipinski definition) is 5. The Morgan fingerprint density at radius 2 is 0.824 bits per heavy atom. The lowest BCUT2D eigenvalue weighted by Gasteiger charge is -2.27. The van der Waals surface area contributed by atoms with Gasteiger partial charge in [-0.2, -0.15) is 0 Å². The van der Waals surface area contributed by atoms with E-state index in [0.29, 0.717) is 19.3 Å². The number of unbranched alkanes of at least 4 members (excludes halogenated alkanes) is 27. The van der Waals surface area contributed by atoms with Crippen molar-refractivity contribution in [2.45, 2.75) is 250 Å². The zero-order valence-corrected chi connectivity index (χ0v) is 33.9. The minimum absolute atomic E-state index is 0.362. The maximum absolute atomic E-state index is 12.4. The summed E-state index contributed by atoms with van der Waals surface area (Å²) in [7, 11) is 0. The molecule has 0 radical (unpaired) electrons. The second-order valence-corrected chi connectivity index (χ2v) is 15.4. The van der Waals surface area contributed by atoms with Crippen molar-refractivity contribution in [3.63, 3.8) is 0 Å². The van der Waals surface area contributed by atoms with Crippen LogP contribution in [-0.2, 0) is 4.79 Å². The van der Waals surface area contributed by atoms with Crippen LogP contribution in [0.5, 0.6) is 0 Å². The lowest BCUT2D eigenvalue weighted by atomic mass is 10.00. The third kappa shape index (κ3) is 34.3. The first kappa shape index (κ1) is 49.8. The minimum atomic E-state index is -1.29. The summed E-state index contributed by atoms with van der Waals surface area (Å²) >= 11 is 0. The van der Waals surface area contributed by atoms with E-state index in [1.807, 2.05) is 0 Å². The number of aliphatic hydroxyl groups is 4. The van der Waals surface area contributed by atoms with Gasteiger partial charge in [0.25, 0.3) is 0 Å². The van der Waals surface area contributed by atoms with Crippen LogP contribution >= 0.6 is 0 Å². The van der Waals surface area contributed by atoms with E-state index < -0.39 is 36.9 Å². The van der Waals surface area contributed by atoms with Gasteiger partial charge in [-0.3, -0.25) is 4.79 Å². The molecule has 0 aromatic carbocycles. The van der Waals surface area contributed by atoms with Gasteiger partial charge in [-0.05, 0) is 51.4 Å². The van der Waals surface area contributed by atoms with E-state index in [4.69, 9.17) is 0 Å². The molecule has 6 nitrogen and oxygen atoms in total. The summed E-state index contributed by atoms with van der Waals surface area (Å²) in [6.45, 7) is 4.02. The van der Waals surface area contributed by atoms with Crippen LogP contribution < -0.4 is 5.32 Å². The standard InChI is InChI=1S/C45H87NO5/c1-3-5-7-9-11-13-15-16-17-18-19-20-21-22-23-24-25-26-27-29-30-32-34-36-38-42(48)44(50)41(40-47)46-45(51)43(49)39-37-35-33-31-28-14-12-10-8-6-4-2/h25-26,30,32,41-44,47-50H,3-24,27-29,31,33-40H2,1-2H3,(H,46,51)/b26-25+,32-30+. The van der Waals surface area contributed by atoms with E-state index in [1.54, 1.807) is 0 Å². The van der Waals surface area contributed by atoms with Crippen LogP contribution in [0.15, 0.2) is 24.3 Å². The van der Waals surface area contributed by atoms with Gasteiger partial charge in [0.2, 0.25) is 5.91 Å². The van der Waals surface area contributed by atoms with E-state index in [2.05, 4.69) is 43.5 Å². The summed E-state index contributed by atoms with van der Waals surface area (Å²) in [5.74, 6) is -0.598. The lowest BCUT2D eigenvalue weighted by Crippen LogP contribution is -2.53. The SMILES string of the molecule is CCCCCCCCCCCCCCCCC/C=C/CC/C=C/CCCC(O)C(O)C(CO)NC(=O)C(O)CCCCCCCCCCCCC. The average Bonchev–Trinajstić information content (AvgIpc) is 3.13. The molecule has 0 fully saturated rings. The Hall–Kier alpha value is -1.21. The Labute approximate surface area is 316 Å². The molecule has 0 bridgehead atoms. The molecule has 1 amide bonds. The second kappa shape index (κ2) is 40.0. The molecule has 0 aliphatic rings. The average molecular weight is 722 g/mol. The van der Waals surface area contributed by atoms with E-state index in [0.717, 1.165) is 38.5 Å². The minimum Gasteiger partial charge on any atom is -0.394 e. The van der Waals surface area contributed by atoms with Crippen LogP contribution in [0.1, 0.15) is 226 Å². The highest BCUT2D eigenvalue weighted by Gasteiger charge is 2.28. The summed E-state index contributed by atoms with van der Waals surface area (Å²) in [5.41, 5.74) is 0. The van der Waals surface area contributed by atoms with Crippen molar-refractivity contribution in [2.24, 2.45) is 0 Å². The molecule has 302 valence electrons. The molecule has 0 spiro atoms. The molecule has 5 N–H and O–H groups in total. The zero-order valence-electron chi connectivity index (χ0n) is 33.9. The van der Waals surface area contributed by atoms with Crippen LogP contribution in [0, 0.1) is 0 Å². The maximum atomic E-state index is 12.4. The normalized spacial score (nSPS) is 14.4. The first-order valence-electron chi connectivity index (χ1n) is 22.2. The third-order valence-electron chi connectivity index (χ3n) is 10.4. The Bertz CT molecular complexity index is 772. The van der Waals surface area contributed by atoms with Crippen molar-refractivity contribution >= 4 is 5.91 Å². The largest absolute Gasteiger partial charge is 0.394 e. The van der Waals surface area contributed by atoms with Gasteiger partial charge in [-0.1, -0.05) is 199 Å². The first-order valence-corrected chi connectivity index (χ1v) is 22.2. The molecule has 0 rings (SSSR count). The van der Waals surface area contributed by atoms with Gasteiger partial charge in [0.1, 0.15) is 12.2 Å². The van der Waals surface area contributed by atoms with E-state index in [9.17, 15) is 25.2 Å². The summed E-state index contributed by atoms with van der Waals surface area (Å²) in [5, 5.41) is 43.5. The molecular weight excluding hydrogens is 634 g/mol. The molecule has 0 aromatic heterocycles. The molecule has 0 heterocycles. The fourth-order valence-electron chi connectivity index (χ4n) is 6.83. The number of amides is 1. The molecule has 51 heavy (non-hydrogen) atoms. The van der Waals surface area contributed by atoms with Crippen LogP contribution in [0.3, 0.4) is 0 Å². The highest BCUT2D eigenvalue weighted by atomic mass is 16.3. The van der Waals surface area contributed by atoms with Crippen molar-refractivity contribution in [3.8, 4) is 0 Å². The molecule has 0 aliphatic carbocycles.